The molecule has 1 aromatic heterocycles. The number of aromatic nitrogens is 2. The van der Waals surface area contributed by atoms with Crippen LogP contribution in [-0.4, -0.2) is 59.5 Å². The van der Waals surface area contributed by atoms with Crippen molar-refractivity contribution in [2.75, 3.05) is 48.7 Å². The second kappa shape index (κ2) is 10.7. The van der Waals surface area contributed by atoms with Crippen LogP contribution in [0.1, 0.15) is 0 Å². The third-order valence-electron chi connectivity index (χ3n) is 5.10. The number of anilines is 2. The number of hydrogen-bond donors (Lipinski definition) is 1. The molecule has 1 amide bonds. The molecule has 1 aliphatic rings. The first-order chi connectivity index (χ1) is 15.6. The molecule has 1 N–H and O–H groups in total. The predicted octanol–water partition coefficient (Wildman–Crippen LogP) is 4.43. The molecule has 0 aliphatic carbocycles. The maximum absolute atomic E-state index is 12.3. The van der Waals surface area contributed by atoms with Crippen molar-refractivity contribution < 1.29 is 9.21 Å². The molecule has 0 unspecified atom stereocenters. The number of carbonyl (C=O) groups excluding carboxylic acids is 1. The van der Waals surface area contributed by atoms with Crippen molar-refractivity contribution in [1.82, 2.24) is 15.1 Å². The second-order valence-electron chi connectivity index (χ2n) is 7.34. The quantitative estimate of drug-likeness (QED) is 0.386. The Morgan fingerprint density at radius 3 is 2.50 bits per heavy atom. The Hall–Kier alpha value is -2.81. The number of hydrogen-bond acceptors (Lipinski definition) is 7. The van der Waals surface area contributed by atoms with Gasteiger partial charge in [-0.15, -0.1) is 16.8 Å². The predicted molar refractivity (Wildman–Crippen MR) is 129 cm³/mol. The number of thioether (sulfide) groups is 1. The van der Waals surface area contributed by atoms with Gasteiger partial charge in [0, 0.05) is 54.7 Å². The van der Waals surface area contributed by atoms with Gasteiger partial charge < -0.3 is 14.6 Å². The minimum atomic E-state index is -0.132. The van der Waals surface area contributed by atoms with Crippen LogP contribution in [-0.2, 0) is 4.79 Å². The Balaban J connectivity index is 1.25. The van der Waals surface area contributed by atoms with Crippen LogP contribution >= 0.6 is 23.4 Å². The van der Waals surface area contributed by atoms with Crippen molar-refractivity contribution >= 4 is 40.6 Å². The van der Waals surface area contributed by atoms with Gasteiger partial charge in [0.1, 0.15) is 0 Å². The molecule has 0 saturated carbocycles. The van der Waals surface area contributed by atoms with Crippen LogP contribution in [0, 0.1) is 0 Å². The fourth-order valence-corrected chi connectivity index (χ4v) is 4.12. The van der Waals surface area contributed by atoms with E-state index >= 15 is 0 Å². The molecular formula is C23H24ClN5O2S. The van der Waals surface area contributed by atoms with E-state index in [1.165, 1.54) is 11.8 Å². The first-order valence-corrected chi connectivity index (χ1v) is 11.7. The van der Waals surface area contributed by atoms with E-state index < -0.39 is 0 Å². The minimum absolute atomic E-state index is 0.132. The minimum Gasteiger partial charge on any atom is -0.411 e. The van der Waals surface area contributed by atoms with E-state index in [-0.39, 0.29) is 11.7 Å². The summed E-state index contributed by atoms with van der Waals surface area (Å²) in [5, 5.41) is 11.9. The highest BCUT2D eigenvalue weighted by Gasteiger charge is 2.16. The molecule has 9 heteroatoms. The topological polar surface area (TPSA) is 74.5 Å². The van der Waals surface area contributed by atoms with E-state index in [4.69, 9.17) is 16.0 Å². The molecule has 166 valence electrons. The molecule has 0 bridgehead atoms. The fraction of sp³-hybridized carbons (Fsp3) is 0.261. The van der Waals surface area contributed by atoms with Crippen LogP contribution in [0.5, 0.6) is 0 Å². The fourth-order valence-electron chi connectivity index (χ4n) is 3.43. The Morgan fingerprint density at radius 1 is 1.09 bits per heavy atom. The molecular weight excluding hydrogens is 446 g/mol. The van der Waals surface area contributed by atoms with Gasteiger partial charge in [-0.25, -0.2) is 0 Å². The third-order valence-corrected chi connectivity index (χ3v) is 6.17. The van der Waals surface area contributed by atoms with Gasteiger partial charge in [0.05, 0.1) is 5.75 Å². The number of carbonyl (C=O) groups is 1. The number of piperazine rings is 1. The molecule has 3 aromatic rings. The van der Waals surface area contributed by atoms with Crippen molar-refractivity contribution in [3.63, 3.8) is 0 Å². The summed E-state index contributed by atoms with van der Waals surface area (Å²) in [6.07, 6.45) is 1.95. The van der Waals surface area contributed by atoms with Crippen LogP contribution in [0.25, 0.3) is 11.5 Å². The van der Waals surface area contributed by atoms with Gasteiger partial charge in [-0.1, -0.05) is 29.4 Å². The maximum atomic E-state index is 12.3. The van der Waals surface area contributed by atoms with Gasteiger partial charge in [0.25, 0.3) is 5.22 Å². The molecule has 32 heavy (non-hydrogen) atoms. The molecule has 0 radical (unpaired) electrons. The molecule has 2 aromatic carbocycles. The van der Waals surface area contributed by atoms with E-state index in [1.54, 1.807) is 12.1 Å². The zero-order chi connectivity index (χ0) is 22.3. The summed E-state index contributed by atoms with van der Waals surface area (Å²) in [5.74, 6) is 0.437. The summed E-state index contributed by atoms with van der Waals surface area (Å²) in [6.45, 7) is 8.76. The Morgan fingerprint density at radius 2 is 1.81 bits per heavy atom. The lowest BCUT2D eigenvalue weighted by Crippen LogP contribution is -2.46. The van der Waals surface area contributed by atoms with E-state index in [9.17, 15) is 4.79 Å². The van der Waals surface area contributed by atoms with Crippen LogP contribution in [0.15, 0.2) is 70.8 Å². The monoisotopic (exact) mass is 469 g/mol. The SMILES string of the molecule is C=CCN1CCN(c2ccc(NC(=O)CSc3nnc(-c4ccc(Cl)cc4)o3)cc2)CC1. The summed E-state index contributed by atoms with van der Waals surface area (Å²) in [7, 11) is 0. The first-order valence-electron chi connectivity index (χ1n) is 10.3. The third kappa shape index (κ3) is 5.91. The molecule has 4 rings (SSSR count). The van der Waals surface area contributed by atoms with E-state index in [2.05, 4.69) is 31.9 Å². The van der Waals surface area contributed by atoms with Gasteiger partial charge in [-0.05, 0) is 48.5 Å². The standard InChI is InChI=1S/C23H24ClN5O2S/c1-2-11-28-12-14-29(15-13-28)20-9-7-19(8-10-20)25-21(30)16-32-23-27-26-22(31-23)17-3-5-18(24)6-4-17/h2-10H,1,11-16H2,(H,25,30). The van der Waals surface area contributed by atoms with Crippen LogP contribution in [0.2, 0.25) is 5.02 Å². The van der Waals surface area contributed by atoms with Gasteiger partial charge in [-0.3, -0.25) is 9.69 Å². The zero-order valence-corrected chi connectivity index (χ0v) is 19.1. The number of benzene rings is 2. The largest absolute Gasteiger partial charge is 0.411 e. The van der Waals surface area contributed by atoms with Crippen molar-refractivity contribution in [1.29, 1.82) is 0 Å². The Bertz CT molecular complexity index is 1050. The summed E-state index contributed by atoms with van der Waals surface area (Å²) in [6, 6.07) is 15.1. The molecule has 0 atom stereocenters. The Kier molecular flexibility index (Phi) is 7.47. The van der Waals surface area contributed by atoms with E-state index in [0.29, 0.717) is 16.1 Å². The molecule has 1 fully saturated rings. The van der Waals surface area contributed by atoms with Crippen LogP contribution in [0.3, 0.4) is 0 Å². The number of halogens is 1. The highest BCUT2D eigenvalue weighted by atomic mass is 35.5. The molecule has 7 nitrogen and oxygen atoms in total. The smallest absolute Gasteiger partial charge is 0.277 e. The average Bonchev–Trinajstić information content (AvgIpc) is 3.29. The molecule has 1 aliphatic heterocycles. The van der Waals surface area contributed by atoms with Gasteiger partial charge in [0.2, 0.25) is 11.8 Å². The number of nitrogens with one attached hydrogen (secondary N) is 1. The van der Waals surface area contributed by atoms with Crippen molar-refractivity contribution in [2.24, 2.45) is 0 Å². The van der Waals surface area contributed by atoms with Crippen molar-refractivity contribution in [3.8, 4) is 11.5 Å². The highest BCUT2D eigenvalue weighted by molar-refractivity contribution is 7.99. The average molecular weight is 470 g/mol. The zero-order valence-electron chi connectivity index (χ0n) is 17.5. The summed E-state index contributed by atoms with van der Waals surface area (Å²) in [4.78, 5) is 17.1. The molecule has 0 spiro atoms. The first kappa shape index (κ1) is 22.4. The number of rotatable bonds is 8. The van der Waals surface area contributed by atoms with E-state index in [1.807, 2.05) is 42.5 Å². The lowest BCUT2D eigenvalue weighted by Gasteiger charge is -2.35. The van der Waals surface area contributed by atoms with Gasteiger partial charge in [-0.2, -0.15) is 0 Å². The second-order valence-corrected chi connectivity index (χ2v) is 8.70. The number of amides is 1. The van der Waals surface area contributed by atoms with E-state index in [0.717, 1.165) is 49.7 Å². The maximum Gasteiger partial charge on any atom is 0.277 e. The van der Waals surface area contributed by atoms with Crippen LogP contribution in [0.4, 0.5) is 11.4 Å². The molecule has 2 heterocycles. The Labute approximate surface area is 196 Å². The van der Waals surface area contributed by atoms with Crippen molar-refractivity contribution in [2.45, 2.75) is 5.22 Å². The highest BCUT2D eigenvalue weighted by Crippen LogP contribution is 2.25. The summed E-state index contributed by atoms with van der Waals surface area (Å²) >= 11 is 7.10. The summed E-state index contributed by atoms with van der Waals surface area (Å²) in [5.41, 5.74) is 2.70. The van der Waals surface area contributed by atoms with Gasteiger partial charge in [0.15, 0.2) is 0 Å². The normalized spacial score (nSPS) is 14.3. The van der Waals surface area contributed by atoms with Gasteiger partial charge >= 0.3 is 0 Å². The molecule has 1 saturated heterocycles. The van der Waals surface area contributed by atoms with Crippen LogP contribution < -0.4 is 10.2 Å². The number of nitrogens with zero attached hydrogens (tertiary/aromatic N) is 4. The summed E-state index contributed by atoms with van der Waals surface area (Å²) < 4.78 is 5.62. The lowest BCUT2D eigenvalue weighted by atomic mass is 10.2. The lowest BCUT2D eigenvalue weighted by molar-refractivity contribution is -0.113. The van der Waals surface area contributed by atoms with Crippen molar-refractivity contribution in [3.05, 3.63) is 66.2 Å².